The molecule has 0 spiro atoms. The summed E-state index contributed by atoms with van der Waals surface area (Å²) in [5, 5.41) is 0. The first-order valence-corrected chi connectivity index (χ1v) is 3.01. The molecule has 64 valence electrons. The molecule has 0 aliphatic carbocycles. The van der Waals surface area contributed by atoms with Gasteiger partial charge in [-0.3, -0.25) is 4.79 Å². The molecule has 0 heterocycles. The summed E-state index contributed by atoms with van der Waals surface area (Å²) in [5.74, 6) is -0.433. The molecule has 0 saturated carbocycles. The normalized spacial score (nSPS) is 11.5. The summed E-state index contributed by atoms with van der Waals surface area (Å²) in [5.41, 5.74) is 7.10. The van der Waals surface area contributed by atoms with Gasteiger partial charge in [-0.1, -0.05) is 19.8 Å². The summed E-state index contributed by atoms with van der Waals surface area (Å²) in [6.07, 6.45) is 1.44. The molecule has 0 aliphatic heterocycles. The molecule has 0 aromatic heterocycles. The molecule has 1 unspecified atom stereocenters. The van der Waals surface area contributed by atoms with Crippen LogP contribution in [-0.2, 0) is 30.0 Å². The molecule has 0 saturated heterocycles. The summed E-state index contributed by atoms with van der Waals surface area (Å²) in [7, 11) is 1.31. The van der Waals surface area contributed by atoms with Gasteiger partial charge in [-0.05, 0) is 6.04 Å². The monoisotopic (exact) mass is 236 g/mol. The van der Waals surface area contributed by atoms with Crippen LogP contribution in [0.2, 0.25) is 0 Å². The predicted molar refractivity (Wildman–Crippen MR) is 35.0 cm³/mol. The maximum atomic E-state index is 10.5. The molecule has 1 N–H and O–H groups in total. The van der Waals surface area contributed by atoms with Crippen molar-refractivity contribution in [2.45, 2.75) is 25.8 Å². The Labute approximate surface area is 75.0 Å². The first kappa shape index (κ1) is 12.7. The molecular weight excluding hydrogens is 224 g/mol. The van der Waals surface area contributed by atoms with Gasteiger partial charge >= 0.3 is 0 Å². The first-order valence-electron chi connectivity index (χ1n) is 3.01. The second-order valence-corrected chi connectivity index (χ2v) is 1.86. The minimum absolute atomic E-state index is 0. The Morgan fingerprint density at radius 2 is 2.20 bits per heavy atom. The van der Waals surface area contributed by atoms with Gasteiger partial charge in [-0.25, -0.2) is 0 Å². The van der Waals surface area contributed by atoms with Crippen molar-refractivity contribution >= 4 is 5.97 Å². The third-order valence-electron chi connectivity index (χ3n) is 1.06. The Morgan fingerprint density at radius 3 is 2.50 bits per heavy atom. The standard InChI is InChI=1S/C6H12NO2.Pd/c1-3-4-5(7)6(8)9-2;/h5,7H,3-4H2,1-2H3;/q-1;. The molecule has 0 bridgehead atoms. The molecule has 0 aromatic carbocycles. The van der Waals surface area contributed by atoms with E-state index in [-0.39, 0.29) is 20.4 Å². The van der Waals surface area contributed by atoms with Crippen LogP contribution in [0.5, 0.6) is 0 Å². The Hall–Kier alpha value is 0.0923. The molecular formula is C6H12NO2Pd-. The van der Waals surface area contributed by atoms with Crippen LogP contribution in [0.1, 0.15) is 19.8 Å². The zero-order chi connectivity index (χ0) is 7.28. The van der Waals surface area contributed by atoms with Gasteiger partial charge in [0.15, 0.2) is 0 Å². The van der Waals surface area contributed by atoms with Crippen molar-refractivity contribution in [2.75, 3.05) is 7.11 Å². The van der Waals surface area contributed by atoms with E-state index >= 15 is 0 Å². The van der Waals surface area contributed by atoms with Crippen LogP contribution >= 0.6 is 0 Å². The smallest absolute Gasteiger partial charge is 0.287 e. The number of carbonyl (C=O) groups excluding carboxylic acids is 1. The van der Waals surface area contributed by atoms with E-state index in [0.29, 0.717) is 6.42 Å². The van der Waals surface area contributed by atoms with Gasteiger partial charge in [-0.15, -0.1) is 0 Å². The van der Waals surface area contributed by atoms with Gasteiger partial charge < -0.3 is 10.5 Å². The van der Waals surface area contributed by atoms with E-state index < -0.39 is 12.0 Å². The number of methoxy groups -OCH3 is 1. The van der Waals surface area contributed by atoms with E-state index in [0.717, 1.165) is 6.42 Å². The van der Waals surface area contributed by atoms with Crippen LogP contribution in [0.4, 0.5) is 0 Å². The number of hydrogen-bond donors (Lipinski definition) is 0. The summed E-state index contributed by atoms with van der Waals surface area (Å²) in [6, 6.07) is -0.681. The molecule has 0 amide bonds. The van der Waals surface area contributed by atoms with E-state index in [4.69, 9.17) is 5.73 Å². The third kappa shape index (κ3) is 4.92. The third-order valence-corrected chi connectivity index (χ3v) is 1.06. The Bertz CT molecular complexity index is 97.7. The molecule has 0 aromatic rings. The van der Waals surface area contributed by atoms with E-state index in [1.807, 2.05) is 6.92 Å². The summed E-state index contributed by atoms with van der Waals surface area (Å²) in [4.78, 5) is 10.5. The molecule has 3 nitrogen and oxygen atoms in total. The largest absolute Gasteiger partial charge is 0.665 e. The van der Waals surface area contributed by atoms with Crippen LogP contribution < -0.4 is 0 Å². The molecule has 10 heavy (non-hydrogen) atoms. The first-order chi connectivity index (χ1) is 4.22. The topological polar surface area (TPSA) is 50.1 Å². The molecule has 0 aliphatic rings. The summed E-state index contributed by atoms with van der Waals surface area (Å²) in [6.45, 7) is 1.94. The number of ether oxygens (including phenoxy) is 1. The van der Waals surface area contributed by atoms with Crippen molar-refractivity contribution in [3.8, 4) is 0 Å². The van der Waals surface area contributed by atoms with Gasteiger partial charge in [0, 0.05) is 20.4 Å². The molecule has 4 heteroatoms. The zero-order valence-electron chi connectivity index (χ0n) is 6.12. The van der Waals surface area contributed by atoms with Gasteiger partial charge in [0.05, 0.1) is 7.11 Å². The molecule has 0 rings (SSSR count). The van der Waals surface area contributed by atoms with E-state index in [1.165, 1.54) is 7.11 Å². The van der Waals surface area contributed by atoms with Crippen LogP contribution in [0.25, 0.3) is 5.73 Å². The fourth-order valence-electron chi connectivity index (χ4n) is 0.549. The molecule has 1 atom stereocenters. The van der Waals surface area contributed by atoms with E-state index in [2.05, 4.69) is 4.74 Å². The Kier molecular flexibility index (Phi) is 9.18. The predicted octanol–water partition coefficient (Wildman–Crippen LogP) is 1.38. The van der Waals surface area contributed by atoms with Crippen LogP contribution in [0, 0.1) is 0 Å². The van der Waals surface area contributed by atoms with E-state index in [1.54, 1.807) is 0 Å². The maximum absolute atomic E-state index is 10.5. The van der Waals surface area contributed by atoms with Crippen molar-refractivity contribution in [1.82, 2.24) is 0 Å². The van der Waals surface area contributed by atoms with E-state index in [9.17, 15) is 4.79 Å². The van der Waals surface area contributed by atoms with Crippen LogP contribution in [0.15, 0.2) is 0 Å². The average Bonchev–Trinajstić information content (AvgIpc) is 1.87. The molecule has 0 radical (unpaired) electrons. The fraction of sp³-hybridized carbons (Fsp3) is 0.833. The second kappa shape index (κ2) is 7.20. The zero-order valence-corrected chi connectivity index (χ0v) is 7.68. The number of rotatable bonds is 3. The Morgan fingerprint density at radius 1 is 1.70 bits per heavy atom. The number of carbonyl (C=O) groups is 1. The van der Waals surface area contributed by atoms with Crippen molar-refractivity contribution < 1.29 is 30.0 Å². The summed E-state index contributed by atoms with van der Waals surface area (Å²) >= 11 is 0. The second-order valence-electron chi connectivity index (χ2n) is 1.86. The SMILES string of the molecule is CCCC([NH-])C(=O)OC.[Pd]. The number of hydrogen-bond acceptors (Lipinski definition) is 2. The Balaban J connectivity index is 0. The van der Waals surface area contributed by atoms with Crippen molar-refractivity contribution in [3.63, 3.8) is 0 Å². The quantitative estimate of drug-likeness (QED) is 0.549. The van der Waals surface area contributed by atoms with Crippen LogP contribution in [-0.4, -0.2) is 19.1 Å². The number of esters is 1. The summed E-state index contributed by atoms with van der Waals surface area (Å²) < 4.78 is 4.34. The van der Waals surface area contributed by atoms with Gasteiger partial charge in [0.25, 0.3) is 5.97 Å². The minimum atomic E-state index is -0.681. The molecule has 0 fully saturated rings. The maximum Gasteiger partial charge on any atom is 0.287 e. The minimum Gasteiger partial charge on any atom is -0.665 e. The van der Waals surface area contributed by atoms with Crippen molar-refractivity contribution in [3.05, 3.63) is 5.73 Å². The van der Waals surface area contributed by atoms with Gasteiger partial charge in [0.1, 0.15) is 0 Å². The van der Waals surface area contributed by atoms with Crippen molar-refractivity contribution in [1.29, 1.82) is 0 Å². The fourth-order valence-corrected chi connectivity index (χ4v) is 0.549. The van der Waals surface area contributed by atoms with Gasteiger partial charge in [-0.2, -0.15) is 0 Å². The van der Waals surface area contributed by atoms with Crippen molar-refractivity contribution in [2.24, 2.45) is 0 Å². The van der Waals surface area contributed by atoms with Gasteiger partial charge in [0.2, 0.25) is 0 Å². The van der Waals surface area contributed by atoms with Crippen LogP contribution in [0.3, 0.4) is 0 Å². The number of nitrogens with one attached hydrogen (secondary N) is 1. The average molecular weight is 237 g/mol.